The fourth-order valence-electron chi connectivity index (χ4n) is 2.06. The van der Waals surface area contributed by atoms with E-state index in [0.29, 0.717) is 0 Å². The van der Waals surface area contributed by atoms with Crippen molar-refractivity contribution in [2.75, 3.05) is 5.32 Å². The topological polar surface area (TPSA) is 24.9 Å². The molecule has 0 amide bonds. The normalized spacial score (nSPS) is 12.5. The molecule has 2 aromatic carbocycles. The van der Waals surface area contributed by atoms with Crippen molar-refractivity contribution in [1.82, 2.24) is 4.98 Å². The number of hydrogen-bond acceptors (Lipinski definition) is 3. The monoisotopic (exact) mass is 268 g/mol. The molecule has 0 aliphatic heterocycles. The van der Waals surface area contributed by atoms with Crippen LogP contribution in [0.1, 0.15) is 24.1 Å². The van der Waals surface area contributed by atoms with Gasteiger partial charge < -0.3 is 5.32 Å². The molecule has 2 nitrogen and oxygen atoms in total. The Morgan fingerprint density at radius 1 is 1.05 bits per heavy atom. The van der Waals surface area contributed by atoms with Crippen LogP contribution in [0.2, 0.25) is 0 Å². The fourth-order valence-corrected chi connectivity index (χ4v) is 3.01. The Labute approximate surface area is 117 Å². The standard InChI is InChI=1S/C16H16N2S/c1-11-7-9-13(10-8-11)12(2)17-16-18-14-5-3-4-6-15(14)19-16/h3-10,12H,1-2H3,(H,17,18). The number of aromatic nitrogens is 1. The van der Waals surface area contributed by atoms with Gasteiger partial charge in [0.25, 0.3) is 0 Å². The van der Waals surface area contributed by atoms with Crippen molar-refractivity contribution >= 4 is 26.7 Å². The fraction of sp³-hybridized carbons (Fsp3) is 0.188. The smallest absolute Gasteiger partial charge is 0.184 e. The minimum atomic E-state index is 0.265. The van der Waals surface area contributed by atoms with Gasteiger partial charge >= 0.3 is 0 Å². The highest BCUT2D eigenvalue weighted by Gasteiger charge is 2.08. The van der Waals surface area contributed by atoms with Gasteiger partial charge in [0.15, 0.2) is 5.13 Å². The van der Waals surface area contributed by atoms with Crippen LogP contribution in [0, 0.1) is 6.92 Å². The summed E-state index contributed by atoms with van der Waals surface area (Å²) >= 11 is 1.70. The van der Waals surface area contributed by atoms with Gasteiger partial charge in [-0.25, -0.2) is 4.98 Å². The Morgan fingerprint density at radius 3 is 2.53 bits per heavy atom. The van der Waals surface area contributed by atoms with Crippen molar-refractivity contribution in [2.45, 2.75) is 19.9 Å². The zero-order chi connectivity index (χ0) is 13.2. The van der Waals surface area contributed by atoms with Gasteiger partial charge in [-0.05, 0) is 31.5 Å². The summed E-state index contributed by atoms with van der Waals surface area (Å²) < 4.78 is 1.22. The van der Waals surface area contributed by atoms with E-state index in [-0.39, 0.29) is 6.04 Å². The molecular weight excluding hydrogens is 252 g/mol. The summed E-state index contributed by atoms with van der Waals surface area (Å²) in [7, 11) is 0. The maximum atomic E-state index is 4.60. The number of aryl methyl sites for hydroxylation is 1. The highest BCUT2D eigenvalue weighted by molar-refractivity contribution is 7.22. The van der Waals surface area contributed by atoms with E-state index in [1.54, 1.807) is 11.3 Å². The maximum Gasteiger partial charge on any atom is 0.184 e. The van der Waals surface area contributed by atoms with E-state index in [0.717, 1.165) is 10.6 Å². The number of hydrogen-bond donors (Lipinski definition) is 1. The zero-order valence-corrected chi connectivity index (χ0v) is 11.9. The summed E-state index contributed by atoms with van der Waals surface area (Å²) in [6.45, 7) is 4.27. The molecule has 1 aromatic heterocycles. The average Bonchev–Trinajstić information content (AvgIpc) is 2.81. The molecule has 0 saturated carbocycles. The number of anilines is 1. The van der Waals surface area contributed by atoms with E-state index in [1.807, 2.05) is 18.2 Å². The van der Waals surface area contributed by atoms with Crippen LogP contribution in [-0.2, 0) is 0 Å². The van der Waals surface area contributed by atoms with Gasteiger partial charge in [0, 0.05) is 0 Å². The highest BCUT2D eigenvalue weighted by atomic mass is 32.1. The highest BCUT2D eigenvalue weighted by Crippen LogP contribution is 2.28. The van der Waals surface area contributed by atoms with Crippen molar-refractivity contribution < 1.29 is 0 Å². The van der Waals surface area contributed by atoms with Crippen LogP contribution in [0.25, 0.3) is 10.2 Å². The van der Waals surface area contributed by atoms with Crippen molar-refractivity contribution in [3.8, 4) is 0 Å². The summed E-state index contributed by atoms with van der Waals surface area (Å²) in [5, 5.41) is 4.46. The zero-order valence-electron chi connectivity index (χ0n) is 11.1. The molecule has 19 heavy (non-hydrogen) atoms. The van der Waals surface area contributed by atoms with Gasteiger partial charge in [-0.1, -0.05) is 53.3 Å². The number of thiazole rings is 1. The number of para-hydroxylation sites is 1. The van der Waals surface area contributed by atoms with Crippen molar-refractivity contribution in [1.29, 1.82) is 0 Å². The van der Waals surface area contributed by atoms with E-state index >= 15 is 0 Å². The Morgan fingerprint density at radius 2 is 1.79 bits per heavy atom. The van der Waals surface area contributed by atoms with E-state index in [1.165, 1.54) is 15.8 Å². The van der Waals surface area contributed by atoms with Crippen LogP contribution >= 0.6 is 11.3 Å². The number of fused-ring (bicyclic) bond motifs is 1. The van der Waals surface area contributed by atoms with Crippen LogP contribution in [0.15, 0.2) is 48.5 Å². The third-order valence-corrected chi connectivity index (χ3v) is 4.18. The predicted molar refractivity (Wildman–Crippen MR) is 82.8 cm³/mol. The van der Waals surface area contributed by atoms with Gasteiger partial charge in [-0.3, -0.25) is 0 Å². The Kier molecular flexibility index (Phi) is 3.22. The number of nitrogens with one attached hydrogen (secondary N) is 1. The molecule has 3 aromatic rings. The lowest BCUT2D eigenvalue weighted by molar-refractivity contribution is 0.882. The van der Waals surface area contributed by atoms with Crippen molar-refractivity contribution in [3.05, 3.63) is 59.7 Å². The van der Waals surface area contributed by atoms with Gasteiger partial charge in [0.1, 0.15) is 0 Å². The molecule has 96 valence electrons. The second-order valence-corrected chi connectivity index (χ2v) is 5.79. The first kappa shape index (κ1) is 12.2. The van der Waals surface area contributed by atoms with E-state index in [4.69, 9.17) is 0 Å². The lowest BCUT2D eigenvalue weighted by Gasteiger charge is -2.13. The van der Waals surface area contributed by atoms with E-state index in [9.17, 15) is 0 Å². The molecule has 0 radical (unpaired) electrons. The lowest BCUT2D eigenvalue weighted by Crippen LogP contribution is -2.05. The minimum absolute atomic E-state index is 0.265. The molecule has 0 fully saturated rings. The summed E-state index contributed by atoms with van der Waals surface area (Å²) in [4.78, 5) is 4.60. The molecule has 1 atom stereocenters. The predicted octanol–water partition coefficient (Wildman–Crippen LogP) is 4.78. The number of nitrogens with zero attached hydrogens (tertiary/aromatic N) is 1. The molecule has 1 N–H and O–H groups in total. The molecule has 0 bridgehead atoms. The van der Waals surface area contributed by atoms with Crippen LogP contribution < -0.4 is 5.32 Å². The molecule has 0 saturated heterocycles. The van der Waals surface area contributed by atoms with Gasteiger partial charge in [0.05, 0.1) is 16.3 Å². The first-order valence-corrected chi connectivity index (χ1v) is 7.23. The second-order valence-electron chi connectivity index (χ2n) is 4.76. The van der Waals surface area contributed by atoms with Crippen LogP contribution in [0.4, 0.5) is 5.13 Å². The molecular formula is C16H16N2S. The maximum absolute atomic E-state index is 4.60. The van der Waals surface area contributed by atoms with Gasteiger partial charge in [-0.15, -0.1) is 0 Å². The molecule has 0 aliphatic carbocycles. The number of benzene rings is 2. The number of rotatable bonds is 3. The summed E-state index contributed by atoms with van der Waals surface area (Å²) in [5.41, 5.74) is 3.63. The van der Waals surface area contributed by atoms with Crippen molar-refractivity contribution in [2.24, 2.45) is 0 Å². The first-order valence-electron chi connectivity index (χ1n) is 6.41. The average molecular weight is 268 g/mol. The molecule has 1 unspecified atom stereocenters. The Balaban J connectivity index is 1.82. The molecule has 1 heterocycles. The summed E-state index contributed by atoms with van der Waals surface area (Å²) in [5.74, 6) is 0. The molecule has 3 rings (SSSR count). The quantitative estimate of drug-likeness (QED) is 0.739. The second kappa shape index (κ2) is 5.02. The lowest BCUT2D eigenvalue weighted by atomic mass is 10.1. The van der Waals surface area contributed by atoms with Gasteiger partial charge in [0.2, 0.25) is 0 Å². The molecule has 0 aliphatic rings. The van der Waals surface area contributed by atoms with Crippen molar-refractivity contribution in [3.63, 3.8) is 0 Å². The summed E-state index contributed by atoms with van der Waals surface area (Å²) in [6, 6.07) is 17.1. The Bertz CT molecular complexity index is 652. The first-order chi connectivity index (χ1) is 9.22. The van der Waals surface area contributed by atoms with Crippen LogP contribution in [0.3, 0.4) is 0 Å². The largest absolute Gasteiger partial charge is 0.355 e. The van der Waals surface area contributed by atoms with Crippen LogP contribution in [-0.4, -0.2) is 4.98 Å². The SMILES string of the molecule is Cc1ccc(C(C)Nc2nc3ccccc3s2)cc1. The van der Waals surface area contributed by atoms with E-state index in [2.05, 4.69) is 54.5 Å². The summed E-state index contributed by atoms with van der Waals surface area (Å²) in [6.07, 6.45) is 0. The Hall–Kier alpha value is -1.87. The molecule has 3 heteroatoms. The van der Waals surface area contributed by atoms with E-state index < -0.39 is 0 Å². The molecule has 0 spiro atoms. The minimum Gasteiger partial charge on any atom is -0.355 e. The third-order valence-electron chi connectivity index (χ3n) is 3.21. The van der Waals surface area contributed by atoms with Crippen LogP contribution in [0.5, 0.6) is 0 Å². The van der Waals surface area contributed by atoms with Gasteiger partial charge in [-0.2, -0.15) is 0 Å². The third kappa shape index (κ3) is 2.61.